The number of fused-ring (bicyclic) bond motifs is 3. The van der Waals surface area contributed by atoms with Gasteiger partial charge in [-0.05, 0) is 72.2 Å². The van der Waals surface area contributed by atoms with Gasteiger partial charge in [-0.25, -0.2) is 19.0 Å². The number of Topliss-reactive ketones (excluding diaryl/α,β-unsaturated/α-hetero) is 2. The minimum Gasteiger partial charge on any atom is -0.480 e. The van der Waals surface area contributed by atoms with Crippen molar-refractivity contribution in [1.29, 1.82) is 0 Å². The molecule has 2 heterocycles. The summed E-state index contributed by atoms with van der Waals surface area (Å²) in [5.74, 6) is -2.39. The second kappa shape index (κ2) is 22.5. The van der Waals surface area contributed by atoms with E-state index in [2.05, 4.69) is 38.1 Å². The van der Waals surface area contributed by atoms with Crippen molar-refractivity contribution in [3.63, 3.8) is 0 Å². The summed E-state index contributed by atoms with van der Waals surface area (Å²) in [6.07, 6.45) is 7.67. The summed E-state index contributed by atoms with van der Waals surface area (Å²) >= 11 is 0. The molecule has 5 N–H and O–H groups in total. The van der Waals surface area contributed by atoms with Crippen LogP contribution in [0.5, 0.6) is 0 Å². The van der Waals surface area contributed by atoms with Gasteiger partial charge in [-0.3, -0.25) is 14.4 Å². The van der Waals surface area contributed by atoms with Gasteiger partial charge >= 0.3 is 18.0 Å². The number of hydrogen-bond donors (Lipinski definition) is 4. The molecule has 1 aliphatic rings. The molecule has 4 aromatic carbocycles. The smallest absolute Gasteiger partial charge is 0.407 e. The lowest BCUT2D eigenvalue weighted by atomic mass is 9.98. The molecule has 0 fully saturated rings. The number of rotatable bonds is 21. The first-order chi connectivity index (χ1) is 30.6. The second-order valence-corrected chi connectivity index (χ2v) is 15.1. The molecule has 0 radical (unpaired) electrons. The van der Waals surface area contributed by atoms with Crippen LogP contribution in [0.1, 0.15) is 102 Å². The number of hydrogen-bond acceptors (Lipinski definition) is 11. The van der Waals surface area contributed by atoms with Crippen molar-refractivity contribution in [2.75, 3.05) is 6.61 Å². The standard InChI is InChI=1S/C31H30N4O5.C16H20N4O3/c36-29(28-19-35(34-33-28)21-11-3-1-4-12-21)18-6-2-5-17-27(30(37)38)32-31(39)40-20-26-24-15-9-7-13-22(24)23-14-8-10-16-25(23)26;17-13(16(22)23)9-5-2-6-10-15(21)14-11-20(19-18-14)12-7-3-1-4-8-12/h1,3-4,7-16,19,26-27H,2,5-6,17-18,20H2,(H,32,39)(H,37,38);1,3-4,7-8,11,13H,2,5-6,9-10,17H2,(H,22,23)/t27-;13-/m00/s1. The molecule has 63 heavy (non-hydrogen) atoms. The average molecular weight is 855 g/mol. The molecule has 16 heteroatoms. The maximum Gasteiger partial charge on any atom is 0.407 e. The Morgan fingerprint density at radius 1 is 0.603 bits per heavy atom. The van der Waals surface area contributed by atoms with Crippen molar-refractivity contribution in [1.82, 2.24) is 35.3 Å². The lowest BCUT2D eigenvalue weighted by molar-refractivity contribution is -0.140. The van der Waals surface area contributed by atoms with Gasteiger partial charge in [0.25, 0.3) is 0 Å². The van der Waals surface area contributed by atoms with E-state index in [1.54, 1.807) is 21.8 Å². The molecule has 0 saturated heterocycles. The summed E-state index contributed by atoms with van der Waals surface area (Å²) in [5, 5.41) is 36.6. The quantitative estimate of drug-likeness (QED) is 0.0415. The number of ether oxygens (including phenoxy) is 1. The molecular weight excluding hydrogens is 805 g/mol. The Morgan fingerprint density at radius 2 is 1.06 bits per heavy atom. The van der Waals surface area contributed by atoms with E-state index < -0.39 is 30.1 Å². The number of nitrogens with two attached hydrogens (primary N) is 1. The van der Waals surface area contributed by atoms with Crippen LogP contribution in [0.4, 0.5) is 4.79 Å². The summed E-state index contributed by atoms with van der Waals surface area (Å²) in [5.41, 5.74) is 12.1. The van der Waals surface area contributed by atoms with Crippen LogP contribution in [0.25, 0.3) is 22.5 Å². The van der Waals surface area contributed by atoms with Crippen LogP contribution in [0.3, 0.4) is 0 Å². The van der Waals surface area contributed by atoms with Gasteiger partial charge in [0.15, 0.2) is 11.6 Å². The van der Waals surface area contributed by atoms with Gasteiger partial charge in [0, 0.05) is 18.8 Å². The van der Waals surface area contributed by atoms with E-state index in [0.29, 0.717) is 56.3 Å². The van der Waals surface area contributed by atoms with Crippen LogP contribution in [0.15, 0.2) is 122 Å². The number of carboxylic acid groups (broad SMARTS) is 2. The topological polar surface area (TPSA) is 235 Å². The summed E-state index contributed by atoms with van der Waals surface area (Å²) in [6, 6.07) is 33.0. The van der Waals surface area contributed by atoms with E-state index in [1.807, 2.05) is 97.1 Å². The average Bonchev–Trinajstić information content (AvgIpc) is 4.07. The van der Waals surface area contributed by atoms with E-state index in [4.69, 9.17) is 15.6 Å². The third-order valence-electron chi connectivity index (χ3n) is 10.7. The molecule has 0 bridgehead atoms. The largest absolute Gasteiger partial charge is 0.480 e. The molecule has 0 unspecified atom stereocenters. The predicted molar refractivity (Wildman–Crippen MR) is 233 cm³/mol. The number of nitrogens with zero attached hydrogens (tertiary/aromatic N) is 6. The van der Waals surface area contributed by atoms with E-state index >= 15 is 0 Å². The molecular formula is C47H50N8O8. The first-order valence-electron chi connectivity index (χ1n) is 20.9. The summed E-state index contributed by atoms with van der Waals surface area (Å²) in [4.78, 5) is 59.4. The number of carboxylic acids is 2. The van der Waals surface area contributed by atoms with Crippen LogP contribution in [-0.2, 0) is 14.3 Å². The van der Waals surface area contributed by atoms with Gasteiger partial charge in [0.1, 0.15) is 30.1 Å². The predicted octanol–water partition coefficient (Wildman–Crippen LogP) is 7.20. The van der Waals surface area contributed by atoms with E-state index in [-0.39, 0.29) is 36.9 Å². The molecule has 6 aromatic rings. The van der Waals surface area contributed by atoms with Gasteiger partial charge in [-0.1, -0.05) is 121 Å². The summed E-state index contributed by atoms with van der Waals surface area (Å²) in [7, 11) is 0. The normalized spacial score (nSPS) is 12.5. The van der Waals surface area contributed by atoms with Crippen molar-refractivity contribution < 1.29 is 38.9 Å². The molecule has 0 saturated carbocycles. The number of carbonyl (C=O) groups excluding carboxylic acids is 3. The Balaban J connectivity index is 0.000000244. The van der Waals surface area contributed by atoms with Crippen LogP contribution >= 0.6 is 0 Å². The third-order valence-corrected chi connectivity index (χ3v) is 10.7. The number of benzene rings is 4. The number of aromatic nitrogens is 6. The molecule has 2 aromatic heterocycles. The zero-order chi connectivity index (χ0) is 44.6. The van der Waals surface area contributed by atoms with Gasteiger partial charge in [0.2, 0.25) is 0 Å². The number of amides is 1. The summed E-state index contributed by atoms with van der Waals surface area (Å²) in [6.45, 7) is 0.114. The fourth-order valence-corrected chi connectivity index (χ4v) is 7.25. The second-order valence-electron chi connectivity index (χ2n) is 15.1. The third kappa shape index (κ3) is 12.6. The Morgan fingerprint density at radius 3 is 1.54 bits per heavy atom. The van der Waals surface area contributed by atoms with Crippen LogP contribution in [0, 0.1) is 0 Å². The minimum absolute atomic E-state index is 0.0604. The Kier molecular flexibility index (Phi) is 16.1. The number of para-hydroxylation sites is 2. The molecule has 7 rings (SSSR count). The number of nitrogens with one attached hydrogen (secondary N) is 1. The fraction of sp³-hybridized carbons (Fsp3) is 0.298. The van der Waals surface area contributed by atoms with Crippen molar-refractivity contribution >= 4 is 29.6 Å². The lowest BCUT2D eigenvalue weighted by Crippen LogP contribution is -2.41. The van der Waals surface area contributed by atoms with Gasteiger partial charge in [-0.15, -0.1) is 10.2 Å². The molecule has 326 valence electrons. The first kappa shape index (κ1) is 45.2. The van der Waals surface area contributed by atoms with Crippen molar-refractivity contribution in [3.8, 4) is 22.5 Å². The minimum atomic E-state index is -1.12. The zero-order valence-corrected chi connectivity index (χ0v) is 34.7. The summed E-state index contributed by atoms with van der Waals surface area (Å²) < 4.78 is 8.61. The van der Waals surface area contributed by atoms with Gasteiger partial charge < -0.3 is 26.0 Å². The van der Waals surface area contributed by atoms with Crippen LogP contribution < -0.4 is 11.1 Å². The molecule has 1 amide bonds. The number of carbonyl (C=O) groups is 5. The molecule has 0 aliphatic heterocycles. The highest BCUT2D eigenvalue weighted by Gasteiger charge is 2.30. The Labute approximate surface area is 364 Å². The highest BCUT2D eigenvalue weighted by atomic mass is 16.5. The maximum absolute atomic E-state index is 12.5. The number of alkyl carbamates (subject to hydrolysis) is 1. The Bertz CT molecular complexity index is 2430. The highest BCUT2D eigenvalue weighted by Crippen LogP contribution is 2.44. The molecule has 0 spiro atoms. The van der Waals surface area contributed by atoms with Gasteiger partial charge in [-0.2, -0.15) is 0 Å². The monoisotopic (exact) mass is 854 g/mol. The van der Waals surface area contributed by atoms with Crippen LogP contribution in [0.2, 0.25) is 0 Å². The van der Waals surface area contributed by atoms with Gasteiger partial charge in [0.05, 0.1) is 23.8 Å². The Hall–Kier alpha value is -7.33. The number of ketones is 2. The number of unbranched alkanes of at least 4 members (excludes halogenated alkanes) is 4. The zero-order valence-electron chi connectivity index (χ0n) is 34.7. The van der Waals surface area contributed by atoms with E-state index in [0.717, 1.165) is 40.0 Å². The molecule has 2 atom stereocenters. The highest BCUT2D eigenvalue weighted by molar-refractivity contribution is 5.94. The van der Waals surface area contributed by atoms with Crippen LogP contribution in [-0.4, -0.2) is 88.5 Å². The van der Waals surface area contributed by atoms with E-state index in [1.165, 1.54) is 0 Å². The van der Waals surface area contributed by atoms with Crippen molar-refractivity contribution in [2.45, 2.75) is 82.2 Å². The first-order valence-corrected chi connectivity index (χ1v) is 20.9. The number of aliphatic carboxylic acids is 2. The maximum atomic E-state index is 12.5. The lowest BCUT2D eigenvalue weighted by Gasteiger charge is -2.17. The molecule has 16 nitrogen and oxygen atoms in total. The van der Waals surface area contributed by atoms with E-state index in [9.17, 15) is 29.1 Å². The van der Waals surface area contributed by atoms with Crippen molar-refractivity contribution in [3.05, 3.63) is 144 Å². The van der Waals surface area contributed by atoms with Crippen molar-refractivity contribution in [2.24, 2.45) is 5.73 Å². The fourth-order valence-electron chi connectivity index (χ4n) is 7.25. The molecule has 1 aliphatic carbocycles. The SMILES string of the molecule is N[C@@H](CCCCCC(=O)c1cn(-c2ccccc2)nn1)C(=O)O.O=C(N[C@@H](CCCCCC(=O)c1cn(-c2ccccc2)nn1)C(=O)O)OCC1c2ccccc2-c2ccccc21.